The molecular weight excluding hydrogens is 430 g/mol. The summed E-state index contributed by atoms with van der Waals surface area (Å²) in [6.07, 6.45) is 3.32. The van der Waals surface area contributed by atoms with Crippen LogP contribution < -0.4 is 19.5 Å². The Kier molecular flexibility index (Phi) is 8.52. The van der Waals surface area contributed by atoms with E-state index in [0.717, 1.165) is 30.1 Å². The molecule has 1 aliphatic heterocycles. The third-order valence-electron chi connectivity index (χ3n) is 5.25. The van der Waals surface area contributed by atoms with E-state index in [2.05, 4.69) is 10.2 Å². The summed E-state index contributed by atoms with van der Waals surface area (Å²) in [4.78, 5) is 29.4. The van der Waals surface area contributed by atoms with Crippen LogP contribution in [0, 0.1) is 0 Å². The van der Waals surface area contributed by atoms with E-state index in [1.165, 1.54) is 11.3 Å². The van der Waals surface area contributed by atoms with Crippen molar-refractivity contribution < 1.29 is 23.8 Å². The molecule has 8 nitrogen and oxygen atoms in total. The van der Waals surface area contributed by atoms with Crippen LogP contribution in [0.25, 0.3) is 6.08 Å². The molecular formula is C23H29N3O5S. The Labute approximate surface area is 192 Å². The van der Waals surface area contributed by atoms with Crippen molar-refractivity contribution in [3.8, 4) is 17.2 Å². The summed E-state index contributed by atoms with van der Waals surface area (Å²) in [6, 6.07) is 7.28. The van der Waals surface area contributed by atoms with Gasteiger partial charge in [-0.05, 0) is 35.2 Å². The second kappa shape index (κ2) is 11.5. The van der Waals surface area contributed by atoms with E-state index in [9.17, 15) is 9.59 Å². The SMILES string of the molecule is COc1cc(/C=C/C(=O)N2CCN(CCNC(=O)c3cccs3)CC2)cc(OC)c1OC. The second-order valence-corrected chi connectivity index (χ2v) is 8.14. The van der Waals surface area contributed by atoms with Gasteiger partial charge in [0.2, 0.25) is 11.7 Å². The van der Waals surface area contributed by atoms with Crippen molar-refractivity contribution in [1.29, 1.82) is 0 Å². The number of carbonyl (C=O) groups is 2. The molecule has 2 aromatic rings. The van der Waals surface area contributed by atoms with Gasteiger partial charge in [0, 0.05) is 45.3 Å². The summed E-state index contributed by atoms with van der Waals surface area (Å²) in [5, 5.41) is 4.83. The fourth-order valence-corrected chi connectivity index (χ4v) is 4.12. The minimum atomic E-state index is -0.0376. The summed E-state index contributed by atoms with van der Waals surface area (Å²) >= 11 is 1.43. The molecule has 32 heavy (non-hydrogen) atoms. The lowest BCUT2D eigenvalue weighted by atomic mass is 10.1. The molecule has 2 amide bonds. The van der Waals surface area contributed by atoms with Crippen molar-refractivity contribution >= 4 is 29.2 Å². The Hall–Kier alpha value is -3.04. The highest BCUT2D eigenvalue weighted by Crippen LogP contribution is 2.38. The van der Waals surface area contributed by atoms with Gasteiger partial charge in [-0.1, -0.05) is 6.07 Å². The monoisotopic (exact) mass is 459 g/mol. The number of amides is 2. The number of hydrogen-bond acceptors (Lipinski definition) is 7. The van der Waals surface area contributed by atoms with Gasteiger partial charge in [-0.25, -0.2) is 0 Å². The molecule has 2 heterocycles. The van der Waals surface area contributed by atoms with Crippen molar-refractivity contribution in [2.24, 2.45) is 0 Å². The lowest BCUT2D eigenvalue weighted by molar-refractivity contribution is -0.127. The zero-order valence-electron chi connectivity index (χ0n) is 18.6. The van der Waals surface area contributed by atoms with Crippen LogP contribution in [0.5, 0.6) is 17.2 Å². The average molecular weight is 460 g/mol. The number of thiophene rings is 1. The topological polar surface area (TPSA) is 80.3 Å². The predicted octanol–water partition coefficient (Wildman–Crippen LogP) is 2.36. The first-order chi connectivity index (χ1) is 15.5. The Morgan fingerprint density at radius 3 is 2.31 bits per heavy atom. The predicted molar refractivity (Wildman–Crippen MR) is 125 cm³/mol. The lowest BCUT2D eigenvalue weighted by Crippen LogP contribution is -2.49. The van der Waals surface area contributed by atoms with Gasteiger partial charge in [0.15, 0.2) is 11.5 Å². The quantitative estimate of drug-likeness (QED) is 0.580. The molecule has 3 rings (SSSR count). The van der Waals surface area contributed by atoms with Crippen LogP contribution in [-0.2, 0) is 4.79 Å². The molecule has 172 valence electrons. The van der Waals surface area contributed by atoms with Crippen LogP contribution in [0.1, 0.15) is 15.2 Å². The standard InChI is InChI=1S/C23H29N3O5S/c1-29-18-15-17(16-19(30-2)22(18)31-3)6-7-21(27)26-12-10-25(11-13-26)9-8-24-23(28)20-5-4-14-32-20/h4-7,14-16H,8-13H2,1-3H3,(H,24,28)/b7-6+. The van der Waals surface area contributed by atoms with E-state index < -0.39 is 0 Å². The normalized spacial score (nSPS) is 14.4. The number of nitrogens with zero attached hydrogens (tertiary/aromatic N) is 2. The zero-order valence-corrected chi connectivity index (χ0v) is 19.4. The first-order valence-corrected chi connectivity index (χ1v) is 11.2. The molecule has 1 fully saturated rings. The van der Waals surface area contributed by atoms with Gasteiger partial charge in [0.25, 0.3) is 5.91 Å². The number of ether oxygens (including phenoxy) is 3. The van der Waals surface area contributed by atoms with Crippen LogP contribution in [0.3, 0.4) is 0 Å². The van der Waals surface area contributed by atoms with Crippen molar-refractivity contribution in [3.63, 3.8) is 0 Å². The molecule has 0 unspecified atom stereocenters. The lowest BCUT2D eigenvalue weighted by Gasteiger charge is -2.34. The molecule has 0 atom stereocenters. The Morgan fingerprint density at radius 2 is 1.75 bits per heavy atom. The maximum atomic E-state index is 12.6. The van der Waals surface area contributed by atoms with Gasteiger partial charge >= 0.3 is 0 Å². The number of nitrogens with one attached hydrogen (secondary N) is 1. The smallest absolute Gasteiger partial charge is 0.261 e. The maximum Gasteiger partial charge on any atom is 0.261 e. The van der Waals surface area contributed by atoms with Crippen LogP contribution in [-0.4, -0.2) is 82.2 Å². The van der Waals surface area contributed by atoms with Crippen molar-refractivity contribution in [2.45, 2.75) is 0 Å². The molecule has 1 N–H and O–H groups in total. The van der Waals surface area contributed by atoms with Gasteiger partial charge in [-0.2, -0.15) is 0 Å². The summed E-state index contributed by atoms with van der Waals surface area (Å²) < 4.78 is 16.0. The molecule has 0 radical (unpaired) electrons. The molecule has 1 saturated heterocycles. The third-order valence-corrected chi connectivity index (χ3v) is 6.12. The zero-order chi connectivity index (χ0) is 22.9. The van der Waals surface area contributed by atoms with E-state index in [4.69, 9.17) is 14.2 Å². The Morgan fingerprint density at radius 1 is 1.06 bits per heavy atom. The van der Waals surface area contributed by atoms with Crippen LogP contribution in [0.2, 0.25) is 0 Å². The first kappa shape index (κ1) is 23.6. The average Bonchev–Trinajstić information content (AvgIpc) is 3.37. The van der Waals surface area contributed by atoms with Crippen molar-refractivity contribution in [1.82, 2.24) is 15.1 Å². The summed E-state index contributed by atoms with van der Waals surface area (Å²) in [6.45, 7) is 4.21. The highest BCUT2D eigenvalue weighted by Gasteiger charge is 2.20. The second-order valence-electron chi connectivity index (χ2n) is 7.19. The van der Waals surface area contributed by atoms with Crippen LogP contribution >= 0.6 is 11.3 Å². The number of benzene rings is 1. The minimum absolute atomic E-state index is 0.0363. The fraction of sp³-hybridized carbons (Fsp3) is 0.391. The molecule has 0 spiro atoms. The largest absolute Gasteiger partial charge is 0.493 e. The summed E-state index contributed by atoms with van der Waals surface area (Å²) in [5.41, 5.74) is 0.785. The fourth-order valence-electron chi connectivity index (χ4n) is 3.48. The Bertz CT molecular complexity index is 912. The van der Waals surface area contributed by atoms with Crippen LogP contribution in [0.15, 0.2) is 35.7 Å². The number of hydrogen-bond donors (Lipinski definition) is 1. The highest BCUT2D eigenvalue weighted by molar-refractivity contribution is 7.12. The van der Waals surface area contributed by atoms with Gasteiger partial charge < -0.3 is 24.4 Å². The van der Waals surface area contributed by atoms with E-state index >= 15 is 0 Å². The van der Waals surface area contributed by atoms with E-state index in [-0.39, 0.29) is 11.8 Å². The number of piperazine rings is 1. The first-order valence-electron chi connectivity index (χ1n) is 10.4. The van der Waals surface area contributed by atoms with Gasteiger partial charge in [-0.3, -0.25) is 14.5 Å². The Balaban J connectivity index is 1.47. The van der Waals surface area contributed by atoms with Crippen LogP contribution in [0.4, 0.5) is 0 Å². The van der Waals surface area contributed by atoms with E-state index in [1.807, 2.05) is 22.4 Å². The molecule has 1 aromatic carbocycles. The number of carbonyl (C=O) groups excluding carboxylic acids is 2. The van der Waals surface area contributed by atoms with Crippen molar-refractivity contribution in [2.75, 3.05) is 60.6 Å². The maximum absolute atomic E-state index is 12.6. The molecule has 0 saturated carbocycles. The number of methoxy groups -OCH3 is 3. The van der Waals surface area contributed by atoms with Gasteiger partial charge in [-0.15, -0.1) is 11.3 Å². The molecule has 1 aromatic heterocycles. The highest BCUT2D eigenvalue weighted by atomic mass is 32.1. The van der Waals surface area contributed by atoms with E-state index in [0.29, 0.717) is 36.9 Å². The molecule has 9 heteroatoms. The third kappa shape index (κ3) is 6.02. The summed E-state index contributed by atoms with van der Waals surface area (Å²) in [5.74, 6) is 1.52. The van der Waals surface area contributed by atoms with Gasteiger partial charge in [0.1, 0.15) is 0 Å². The molecule has 0 bridgehead atoms. The molecule has 0 aliphatic carbocycles. The van der Waals surface area contributed by atoms with Gasteiger partial charge in [0.05, 0.1) is 26.2 Å². The molecule has 1 aliphatic rings. The van der Waals surface area contributed by atoms with E-state index in [1.54, 1.807) is 45.6 Å². The number of rotatable bonds is 9. The summed E-state index contributed by atoms with van der Waals surface area (Å²) in [7, 11) is 4.67. The minimum Gasteiger partial charge on any atom is -0.493 e. The van der Waals surface area contributed by atoms with Crippen molar-refractivity contribution in [3.05, 3.63) is 46.2 Å².